The second-order valence-electron chi connectivity index (χ2n) is 12.0. The first-order valence-corrected chi connectivity index (χ1v) is 12.1. The third kappa shape index (κ3) is 2.80. The summed E-state index contributed by atoms with van der Waals surface area (Å²) < 4.78 is 0. The molecular formula is C25H38O4. The lowest BCUT2D eigenvalue weighted by atomic mass is 9.44. The summed E-state index contributed by atoms with van der Waals surface area (Å²) in [5.74, 6) is 2.62. The molecule has 3 unspecified atom stereocenters. The molecule has 5 aliphatic rings. The molecule has 0 radical (unpaired) electrons. The number of hydrogen-bond acceptors (Lipinski definition) is 3. The molecule has 4 nitrogen and oxygen atoms in total. The van der Waals surface area contributed by atoms with Crippen LogP contribution in [0, 0.1) is 58.2 Å². The maximum Gasteiger partial charge on any atom is 0.306 e. The second kappa shape index (κ2) is 6.55. The van der Waals surface area contributed by atoms with Gasteiger partial charge in [0, 0.05) is 12.3 Å². The molecule has 5 aliphatic carbocycles. The molecule has 0 bridgehead atoms. The first kappa shape index (κ1) is 20.0. The van der Waals surface area contributed by atoms with E-state index in [9.17, 15) is 19.8 Å². The minimum atomic E-state index is -0.619. The summed E-state index contributed by atoms with van der Waals surface area (Å²) in [5.41, 5.74) is 0.410. The van der Waals surface area contributed by atoms with Gasteiger partial charge >= 0.3 is 5.97 Å². The topological polar surface area (TPSA) is 74.6 Å². The van der Waals surface area contributed by atoms with Crippen molar-refractivity contribution in [2.75, 3.05) is 0 Å². The van der Waals surface area contributed by atoms with Crippen LogP contribution in [0.3, 0.4) is 0 Å². The van der Waals surface area contributed by atoms with Crippen molar-refractivity contribution in [3.63, 3.8) is 0 Å². The first-order chi connectivity index (χ1) is 13.7. The monoisotopic (exact) mass is 402 g/mol. The van der Waals surface area contributed by atoms with Crippen LogP contribution in [0.25, 0.3) is 0 Å². The van der Waals surface area contributed by atoms with E-state index in [1.165, 1.54) is 12.8 Å². The van der Waals surface area contributed by atoms with Crippen LogP contribution in [-0.4, -0.2) is 28.1 Å². The summed E-state index contributed by atoms with van der Waals surface area (Å²) in [6.45, 7) is 7.15. The summed E-state index contributed by atoms with van der Waals surface area (Å²) in [5, 5.41) is 19.6. The van der Waals surface area contributed by atoms with Gasteiger partial charge in [0.15, 0.2) is 0 Å². The van der Waals surface area contributed by atoms with E-state index in [1.54, 1.807) is 0 Å². The van der Waals surface area contributed by atoms with E-state index in [0.29, 0.717) is 47.7 Å². The van der Waals surface area contributed by atoms with E-state index in [1.807, 2.05) is 0 Å². The van der Waals surface area contributed by atoms with Crippen LogP contribution in [0.1, 0.15) is 78.6 Å². The molecule has 2 N–H and O–H groups in total. The Morgan fingerprint density at radius 3 is 2.41 bits per heavy atom. The second-order valence-corrected chi connectivity index (χ2v) is 12.0. The molecule has 0 aliphatic heterocycles. The van der Waals surface area contributed by atoms with Gasteiger partial charge in [0.05, 0.1) is 12.0 Å². The Balaban J connectivity index is 1.39. The highest BCUT2D eigenvalue weighted by Gasteiger charge is 2.64. The predicted molar refractivity (Wildman–Crippen MR) is 110 cm³/mol. The lowest BCUT2D eigenvalue weighted by Gasteiger charge is -2.60. The standard InChI is InChI=1S/C25H38O4/c1-13(16-12-17(16)23(28)29)18-4-5-19-22-20(7-9-25(18,19)3)24(2)8-6-15(26)10-14(24)11-21(22)27/h13-20,22,26H,4-12H2,1-3H3,(H,28,29)/t13-,14?,15-,16?,17?,18-,19+,20+,22+,24+,25-/m1/s1. The normalized spacial score (nSPS) is 54.8. The van der Waals surface area contributed by atoms with Crippen LogP contribution in [0.4, 0.5) is 0 Å². The van der Waals surface area contributed by atoms with Gasteiger partial charge in [-0.2, -0.15) is 0 Å². The van der Waals surface area contributed by atoms with Gasteiger partial charge in [-0.05, 0) is 97.7 Å². The van der Waals surface area contributed by atoms with Crippen LogP contribution in [0.2, 0.25) is 0 Å². The maximum absolute atomic E-state index is 13.4. The fraction of sp³-hybridized carbons (Fsp3) is 0.920. The van der Waals surface area contributed by atoms with Crippen molar-refractivity contribution in [3.05, 3.63) is 0 Å². The highest BCUT2D eigenvalue weighted by molar-refractivity contribution is 5.83. The molecule has 0 aromatic heterocycles. The van der Waals surface area contributed by atoms with Gasteiger partial charge in [-0.25, -0.2) is 0 Å². The van der Waals surface area contributed by atoms with Gasteiger partial charge in [-0.1, -0.05) is 20.8 Å². The first-order valence-electron chi connectivity index (χ1n) is 12.1. The molecule has 0 aromatic carbocycles. The predicted octanol–water partition coefficient (Wildman–Crippen LogP) is 4.54. The highest BCUT2D eigenvalue weighted by atomic mass is 16.4. The number of carbonyl (C=O) groups excluding carboxylic acids is 1. The molecule has 4 heteroatoms. The van der Waals surface area contributed by atoms with E-state index < -0.39 is 5.97 Å². The van der Waals surface area contributed by atoms with Crippen molar-refractivity contribution < 1.29 is 19.8 Å². The number of aliphatic carboxylic acids is 1. The van der Waals surface area contributed by atoms with Gasteiger partial charge in [0.1, 0.15) is 5.78 Å². The molecule has 0 spiro atoms. The largest absolute Gasteiger partial charge is 0.481 e. The molecule has 29 heavy (non-hydrogen) atoms. The highest BCUT2D eigenvalue weighted by Crippen LogP contribution is 2.68. The molecular weight excluding hydrogens is 364 g/mol. The van der Waals surface area contributed by atoms with Crippen molar-refractivity contribution in [1.82, 2.24) is 0 Å². The Kier molecular flexibility index (Phi) is 4.52. The maximum atomic E-state index is 13.4. The Labute approximate surface area is 174 Å². The molecule has 0 aromatic rings. The number of carboxylic acid groups (broad SMARTS) is 1. The number of carboxylic acids is 1. The van der Waals surface area contributed by atoms with Crippen LogP contribution in [0.5, 0.6) is 0 Å². The number of ketones is 1. The van der Waals surface area contributed by atoms with Crippen molar-refractivity contribution >= 4 is 11.8 Å². The van der Waals surface area contributed by atoms with Gasteiger partial charge in [-0.3, -0.25) is 9.59 Å². The summed E-state index contributed by atoms with van der Waals surface area (Å²) in [6, 6.07) is 0. The molecule has 11 atom stereocenters. The summed E-state index contributed by atoms with van der Waals surface area (Å²) in [4.78, 5) is 24.8. The van der Waals surface area contributed by atoms with Gasteiger partial charge in [0.2, 0.25) is 0 Å². The number of rotatable bonds is 3. The lowest BCUT2D eigenvalue weighted by molar-refractivity contribution is -0.160. The van der Waals surface area contributed by atoms with Crippen LogP contribution >= 0.6 is 0 Å². The quantitative estimate of drug-likeness (QED) is 0.727. The zero-order valence-electron chi connectivity index (χ0n) is 18.3. The molecule has 0 saturated heterocycles. The van der Waals surface area contributed by atoms with Crippen molar-refractivity contribution in [2.45, 2.75) is 84.7 Å². The lowest BCUT2D eigenvalue weighted by Crippen LogP contribution is -2.57. The van der Waals surface area contributed by atoms with Crippen LogP contribution < -0.4 is 0 Å². The number of hydrogen-bond donors (Lipinski definition) is 2. The molecule has 0 amide bonds. The SMILES string of the molecule is C[C@H](C1CC1C(=O)O)[C@H]1CC[C@H]2[C@@H]3C(=O)CC4C[C@H](O)CC[C@]4(C)[C@H]3CC[C@]12C. The van der Waals surface area contributed by atoms with Crippen molar-refractivity contribution in [2.24, 2.45) is 58.2 Å². The smallest absolute Gasteiger partial charge is 0.306 e. The number of aliphatic hydroxyl groups is 1. The third-order valence-corrected chi connectivity index (χ3v) is 11.0. The van der Waals surface area contributed by atoms with E-state index in [0.717, 1.165) is 38.5 Å². The summed E-state index contributed by atoms with van der Waals surface area (Å²) in [7, 11) is 0. The Morgan fingerprint density at radius 2 is 1.72 bits per heavy atom. The molecule has 0 heterocycles. The Hall–Kier alpha value is -0.900. The summed E-state index contributed by atoms with van der Waals surface area (Å²) in [6.07, 6.45) is 8.72. The summed E-state index contributed by atoms with van der Waals surface area (Å²) >= 11 is 0. The van der Waals surface area contributed by atoms with Crippen LogP contribution in [0.15, 0.2) is 0 Å². The van der Waals surface area contributed by atoms with Gasteiger partial charge in [-0.15, -0.1) is 0 Å². The van der Waals surface area contributed by atoms with Crippen LogP contribution in [-0.2, 0) is 9.59 Å². The number of carbonyl (C=O) groups is 2. The third-order valence-electron chi connectivity index (χ3n) is 11.0. The molecule has 5 saturated carbocycles. The average Bonchev–Trinajstić information content (AvgIpc) is 3.39. The molecule has 5 rings (SSSR count). The fourth-order valence-corrected chi connectivity index (χ4v) is 9.19. The van der Waals surface area contributed by atoms with E-state index in [-0.39, 0.29) is 28.8 Å². The number of fused-ring (bicyclic) bond motifs is 5. The zero-order chi connectivity index (χ0) is 20.7. The molecule has 162 valence electrons. The molecule has 5 fully saturated rings. The van der Waals surface area contributed by atoms with Crippen molar-refractivity contribution in [1.29, 1.82) is 0 Å². The average molecular weight is 403 g/mol. The fourth-order valence-electron chi connectivity index (χ4n) is 9.19. The van der Waals surface area contributed by atoms with E-state index in [4.69, 9.17) is 0 Å². The van der Waals surface area contributed by atoms with E-state index in [2.05, 4.69) is 20.8 Å². The number of aliphatic hydroxyl groups excluding tert-OH is 1. The van der Waals surface area contributed by atoms with Gasteiger partial charge in [0.25, 0.3) is 0 Å². The minimum absolute atomic E-state index is 0.131. The van der Waals surface area contributed by atoms with Crippen molar-refractivity contribution in [3.8, 4) is 0 Å². The zero-order valence-corrected chi connectivity index (χ0v) is 18.3. The minimum Gasteiger partial charge on any atom is -0.481 e. The Bertz CT molecular complexity index is 718. The van der Waals surface area contributed by atoms with Gasteiger partial charge < -0.3 is 10.2 Å². The number of Topliss-reactive ketones (excluding diaryl/α,β-unsaturated/α-hetero) is 1. The Morgan fingerprint density at radius 1 is 1.03 bits per heavy atom. The van der Waals surface area contributed by atoms with E-state index >= 15 is 0 Å².